The minimum atomic E-state index is -2.23. The SMILES string of the molecule is CC(=O)NC1[C@H]([C@H](C)C(O)CNC(=O)c2ccc(-c3ccccc3)cc2)O[C@@](OCCCSCCC=O)(C(=O)N=O)C[C@@H]1O. The molecule has 4 N–H and O–H groups in total. The second-order valence-corrected chi connectivity index (χ2v) is 11.8. The Morgan fingerprint density at radius 2 is 1.82 bits per heavy atom. The predicted octanol–water partition coefficient (Wildman–Crippen LogP) is 2.45. The van der Waals surface area contributed by atoms with Crippen LogP contribution in [0.2, 0.25) is 0 Å². The number of benzene rings is 2. The summed E-state index contributed by atoms with van der Waals surface area (Å²) >= 11 is 1.51. The summed E-state index contributed by atoms with van der Waals surface area (Å²) in [5, 5.41) is 29.8. The van der Waals surface area contributed by atoms with Gasteiger partial charge in [0.1, 0.15) is 6.29 Å². The van der Waals surface area contributed by atoms with Crippen molar-refractivity contribution in [1.29, 1.82) is 0 Å². The summed E-state index contributed by atoms with van der Waals surface area (Å²) in [4.78, 5) is 59.3. The van der Waals surface area contributed by atoms with Gasteiger partial charge in [0.2, 0.25) is 5.91 Å². The van der Waals surface area contributed by atoms with Gasteiger partial charge in [-0.25, -0.2) is 0 Å². The highest BCUT2D eigenvalue weighted by Gasteiger charge is 2.55. The van der Waals surface area contributed by atoms with E-state index in [4.69, 9.17) is 9.47 Å². The summed E-state index contributed by atoms with van der Waals surface area (Å²) in [6, 6.07) is 15.6. The molecule has 0 aromatic heterocycles. The normalized spacial score (nSPS) is 22.8. The van der Waals surface area contributed by atoms with Gasteiger partial charge in [-0.05, 0) is 41.2 Å². The van der Waals surface area contributed by atoms with Gasteiger partial charge in [-0.2, -0.15) is 11.8 Å². The van der Waals surface area contributed by atoms with Crippen LogP contribution in [0.15, 0.2) is 59.8 Å². The Hall–Kier alpha value is -3.49. The van der Waals surface area contributed by atoms with Gasteiger partial charge in [-0.1, -0.05) is 49.4 Å². The molecule has 0 saturated carbocycles. The Kier molecular flexibility index (Phi) is 13.6. The van der Waals surface area contributed by atoms with Crippen LogP contribution in [0.1, 0.15) is 43.5 Å². The van der Waals surface area contributed by atoms with Crippen LogP contribution in [0, 0.1) is 10.8 Å². The van der Waals surface area contributed by atoms with Crippen LogP contribution >= 0.6 is 11.8 Å². The number of aldehydes is 1. The van der Waals surface area contributed by atoms with Gasteiger partial charge in [0.05, 0.1) is 31.0 Å². The third-order valence-corrected chi connectivity index (χ3v) is 8.45. The molecule has 12 nitrogen and oxygen atoms in total. The molecule has 1 fully saturated rings. The highest BCUT2D eigenvalue weighted by Crippen LogP contribution is 2.36. The number of thioether (sulfide) groups is 1. The average Bonchev–Trinajstić information content (AvgIpc) is 3.03. The number of rotatable bonds is 16. The third-order valence-electron chi connectivity index (χ3n) is 7.35. The molecule has 0 aliphatic carbocycles. The summed E-state index contributed by atoms with van der Waals surface area (Å²) in [5.41, 5.74) is 2.32. The molecule has 0 bridgehead atoms. The van der Waals surface area contributed by atoms with Gasteiger partial charge in [0.25, 0.3) is 11.7 Å². The number of nitrogens with zero attached hydrogens (tertiary/aromatic N) is 1. The minimum Gasteiger partial charge on any atom is -0.391 e. The first-order chi connectivity index (χ1) is 21.1. The highest BCUT2D eigenvalue weighted by atomic mass is 32.2. The molecule has 2 aromatic rings. The number of amides is 3. The number of carbonyl (C=O) groups excluding carboxylic acids is 4. The number of hydrogen-bond acceptors (Lipinski definition) is 10. The zero-order chi connectivity index (χ0) is 32.1. The molecule has 6 atom stereocenters. The monoisotopic (exact) mass is 629 g/mol. The Balaban J connectivity index is 1.69. The molecule has 2 unspecified atom stereocenters. The van der Waals surface area contributed by atoms with E-state index in [9.17, 15) is 34.3 Å². The van der Waals surface area contributed by atoms with E-state index in [1.54, 1.807) is 19.1 Å². The molecule has 1 saturated heterocycles. The molecule has 2 aromatic carbocycles. The van der Waals surface area contributed by atoms with Gasteiger partial charge >= 0.3 is 5.91 Å². The van der Waals surface area contributed by atoms with Gasteiger partial charge in [-0.15, -0.1) is 4.91 Å². The fourth-order valence-electron chi connectivity index (χ4n) is 4.95. The Morgan fingerprint density at radius 1 is 1.14 bits per heavy atom. The second-order valence-electron chi connectivity index (χ2n) is 10.6. The van der Waals surface area contributed by atoms with Gasteiger partial charge in [-0.3, -0.25) is 14.4 Å². The standard InChI is InChI=1S/C31H39N3O9S/c1-20(26(38)19-32-29(39)24-12-10-23(11-13-24)22-8-4-3-5-9-22)28-27(33-21(2)36)25(37)18-31(43-28,30(40)34-41)42-15-7-17-44-16-6-14-35/h3-5,8-14,20,25-28,37-38H,6-7,15-19H2,1-2H3,(H,32,39)(H,33,36)/t20-,25+,26?,27?,28+,31-/m1/s1. The smallest absolute Gasteiger partial charge is 0.345 e. The summed E-state index contributed by atoms with van der Waals surface area (Å²) in [5.74, 6) is -4.07. The van der Waals surface area contributed by atoms with Crippen LogP contribution in [0.4, 0.5) is 0 Å². The van der Waals surface area contributed by atoms with Crippen molar-refractivity contribution in [2.45, 2.75) is 63.3 Å². The fraction of sp³-hybridized carbons (Fsp3) is 0.484. The second kappa shape index (κ2) is 17.1. The van der Waals surface area contributed by atoms with Crippen LogP contribution < -0.4 is 10.6 Å². The highest BCUT2D eigenvalue weighted by molar-refractivity contribution is 7.99. The van der Waals surface area contributed by atoms with Crippen molar-refractivity contribution in [3.63, 3.8) is 0 Å². The first-order valence-electron chi connectivity index (χ1n) is 14.4. The van der Waals surface area contributed by atoms with E-state index in [2.05, 4.69) is 15.8 Å². The topological polar surface area (TPSA) is 181 Å². The molecular weight excluding hydrogens is 590 g/mol. The average molecular weight is 630 g/mol. The van der Waals surface area contributed by atoms with E-state index < -0.39 is 60.2 Å². The van der Waals surface area contributed by atoms with Gasteiger partial charge in [0, 0.05) is 43.0 Å². The van der Waals surface area contributed by atoms with Crippen LogP contribution in [0.5, 0.6) is 0 Å². The molecule has 1 aliphatic heterocycles. The lowest BCUT2D eigenvalue weighted by molar-refractivity contribution is -0.295. The lowest BCUT2D eigenvalue weighted by Gasteiger charge is -2.47. The van der Waals surface area contributed by atoms with Crippen molar-refractivity contribution in [1.82, 2.24) is 10.6 Å². The molecule has 3 amide bonds. The molecular formula is C31H39N3O9S. The van der Waals surface area contributed by atoms with E-state index >= 15 is 0 Å². The molecule has 1 heterocycles. The van der Waals surface area contributed by atoms with Crippen molar-refractivity contribution >= 4 is 35.8 Å². The number of nitroso groups, excluding NO2 is 1. The first-order valence-corrected chi connectivity index (χ1v) is 15.5. The lowest BCUT2D eigenvalue weighted by Crippen LogP contribution is -2.66. The van der Waals surface area contributed by atoms with E-state index in [-0.39, 0.29) is 13.2 Å². The zero-order valence-corrected chi connectivity index (χ0v) is 25.5. The molecule has 13 heteroatoms. The molecule has 238 valence electrons. The number of ether oxygens (including phenoxy) is 2. The van der Waals surface area contributed by atoms with Crippen molar-refractivity contribution in [2.24, 2.45) is 11.1 Å². The van der Waals surface area contributed by atoms with E-state index in [1.807, 2.05) is 42.5 Å². The molecule has 0 spiro atoms. The number of aliphatic hydroxyl groups is 2. The summed E-state index contributed by atoms with van der Waals surface area (Å²) in [6.45, 7) is 2.58. The zero-order valence-electron chi connectivity index (χ0n) is 24.7. The van der Waals surface area contributed by atoms with Crippen molar-refractivity contribution in [3.8, 4) is 11.1 Å². The van der Waals surface area contributed by atoms with Crippen molar-refractivity contribution < 1.29 is 38.9 Å². The Bertz CT molecular complexity index is 1260. The Morgan fingerprint density at radius 3 is 2.45 bits per heavy atom. The molecule has 0 radical (unpaired) electrons. The summed E-state index contributed by atoms with van der Waals surface area (Å²) in [7, 11) is 0. The van der Waals surface area contributed by atoms with Crippen LogP contribution in [0.25, 0.3) is 11.1 Å². The van der Waals surface area contributed by atoms with E-state index in [0.717, 1.165) is 17.4 Å². The lowest BCUT2D eigenvalue weighted by atomic mass is 9.84. The molecule has 3 rings (SSSR count). The van der Waals surface area contributed by atoms with Crippen LogP contribution in [-0.2, 0) is 23.9 Å². The summed E-state index contributed by atoms with van der Waals surface area (Å²) in [6.07, 6.45) is -2.64. The maximum Gasteiger partial charge on any atom is 0.345 e. The van der Waals surface area contributed by atoms with E-state index in [0.29, 0.717) is 29.9 Å². The van der Waals surface area contributed by atoms with Crippen molar-refractivity contribution in [3.05, 3.63) is 65.1 Å². The summed E-state index contributed by atoms with van der Waals surface area (Å²) < 4.78 is 11.8. The fourth-order valence-corrected chi connectivity index (χ4v) is 5.74. The van der Waals surface area contributed by atoms with Gasteiger partial charge < -0.3 is 35.1 Å². The number of aliphatic hydroxyl groups excluding tert-OH is 2. The predicted molar refractivity (Wildman–Crippen MR) is 165 cm³/mol. The first kappa shape index (κ1) is 35.0. The Labute approximate surface area is 260 Å². The maximum absolute atomic E-state index is 12.8. The van der Waals surface area contributed by atoms with E-state index in [1.165, 1.54) is 18.7 Å². The van der Waals surface area contributed by atoms with Crippen LogP contribution in [-0.4, -0.2) is 89.0 Å². The largest absolute Gasteiger partial charge is 0.391 e. The number of nitrogens with one attached hydrogen (secondary N) is 2. The molecule has 1 aliphatic rings. The third kappa shape index (κ3) is 9.50. The van der Waals surface area contributed by atoms with Crippen molar-refractivity contribution in [2.75, 3.05) is 24.7 Å². The quantitative estimate of drug-likeness (QED) is 0.122. The number of hydrogen-bond donors (Lipinski definition) is 4. The van der Waals surface area contributed by atoms with Gasteiger partial charge in [0.15, 0.2) is 0 Å². The maximum atomic E-state index is 12.8. The van der Waals surface area contributed by atoms with Crippen LogP contribution in [0.3, 0.4) is 0 Å². The number of carbonyl (C=O) groups is 4. The minimum absolute atomic E-state index is 0.0182. The molecule has 44 heavy (non-hydrogen) atoms.